The summed E-state index contributed by atoms with van der Waals surface area (Å²) in [6.45, 7) is 3.11. The van der Waals surface area contributed by atoms with Crippen LogP contribution < -0.4 is 0 Å². The van der Waals surface area contributed by atoms with Gasteiger partial charge in [0, 0.05) is 35.2 Å². The van der Waals surface area contributed by atoms with Gasteiger partial charge in [-0.25, -0.2) is 0 Å². The molecule has 2 fully saturated rings. The van der Waals surface area contributed by atoms with Crippen LogP contribution in [0.3, 0.4) is 0 Å². The number of rotatable bonds is 1. The first-order valence-corrected chi connectivity index (χ1v) is 8.16. The van der Waals surface area contributed by atoms with Gasteiger partial charge >= 0.3 is 0 Å². The quantitative estimate of drug-likeness (QED) is 0.786. The number of benzene rings is 1. The van der Waals surface area contributed by atoms with Crippen molar-refractivity contribution >= 4 is 21.8 Å². The molecule has 2 heterocycles. The molecule has 0 atom stereocenters. The van der Waals surface area contributed by atoms with Crippen LogP contribution in [-0.2, 0) is 0 Å². The Morgan fingerprint density at radius 2 is 1.95 bits per heavy atom. The number of carbonyl (C=O) groups is 1. The smallest absolute Gasteiger partial charge is 0.254 e. The fourth-order valence-corrected chi connectivity index (χ4v) is 3.99. The van der Waals surface area contributed by atoms with Gasteiger partial charge in [0.2, 0.25) is 0 Å². The van der Waals surface area contributed by atoms with E-state index < -0.39 is 0 Å². The second-order valence-electron chi connectivity index (χ2n) is 6.10. The van der Waals surface area contributed by atoms with Crippen LogP contribution in [0.2, 0.25) is 0 Å². The van der Waals surface area contributed by atoms with E-state index in [4.69, 9.17) is 0 Å². The van der Waals surface area contributed by atoms with Gasteiger partial charge in [0.15, 0.2) is 0 Å². The van der Waals surface area contributed by atoms with Crippen LogP contribution >= 0.6 is 15.9 Å². The summed E-state index contributed by atoms with van der Waals surface area (Å²) < 4.78 is 0.972. The molecule has 0 unspecified atom stereocenters. The molecule has 108 valence electrons. The van der Waals surface area contributed by atoms with E-state index in [9.17, 15) is 4.79 Å². The standard InChI is InChI=1S/C16H21BrN2O/c1-18-10-7-16(8-11-18)6-3-9-19(16)15(20)13-4-2-5-14(17)12-13/h2,4-5,12H,3,6-11H2,1H3. The number of piperidine rings is 1. The molecular weight excluding hydrogens is 316 g/mol. The lowest BCUT2D eigenvalue weighted by Crippen LogP contribution is -2.53. The van der Waals surface area contributed by atoms with Gasteiger partial charge in [-0.3, -0.25) is 4.79 Å². The molecule has 3 nitrogen and oxygen atoms in total. The van der Waals surface area contributed by atoms with Gasteiger partial charge in [0.05, 0.1) is 0 Å². The number of likely N-dealkylation sites (tertiary alicyclic amines) is 2. The molecule has 0 radical (unpaired) electrons. The number of hydrogen-bond acceptors (Lipinski definition) is 2. The Morgan fingerprint density at radius 1 is 1.20 bits per heavy atom. The van der Waals surface area contributed by atoms with Crippen LogP contribution in [0.4, 0.5) is 0 Å². The lowest BCUT2D eigenvalue weighted by molar-refractivity contribution is 0.0408. The van der Waals surface area contributed by atoms with Crippen LogP contribution in [0.25, 0.3) is 0 Å². The van der Waals surface area contributed by atoms with Crippen molar-refractivity contribution in [2.75, 3.05) is 26.7 Å². The van der Waals surface area contributed by atoms with Gasteiger partial charge in [0.25, 0.3) is 5.91 Å². The number of nitrogens with zero attached hydrogens (tertiary/aromatic N) is 2. The molecule has 20 heavy (non-hydrogen) atoms. The molecule has 0 aromatic heterocycles. The fraction of sp³-hybridized carbons (Fsp3) is 0.562. The molecule has 0 N–H and O–H groups in total. The Bertz CT molecular complexity index is 509. The predicted octanol–water partition coefficient (Wildman–Crippen LogP) is 3.15. The highest BCUT2D eigenvalue weighted by molar-refractivity contribution is 9.10. The highest BCUT2D eigenvalue weighted by Crippen LogP contribution is 2.39. The zero-order valence-corrected chi connectivity index (χ0v) is 13.5. The Kier molecular flexibility index (Phi) is 3.87. The molecular formula is C16H21BrN2O. The average Bonchev–Trinajstić information content (AvgIpc) is 2.85. The van der Waals surface area contributed by atoms with Crippen LogP contribution in [0.1, 0.15) is 36.0 Å². The van der Waals surface area contributed by atoms with Crippen molar-refractivity contribution in [3.63, 3.8) is 0 Å². The lowest BCUT2D eigenvalue weighted by atomic mass is 9.85. The van der Waals surface area contributed by atoms with E-state index in [1.807, 2.05) is 24.3 Å². The van der Waals surface area contributed by atoms with Crippen LogP contribution in [0, 0.1) is 0 Å². The van der Waals surface area contributed by atoms with Crippen molar-refractivity contribution in [2.24, 2.45) is 0 Å². The fourth-order valence-electron chi connectivity index (χ4n) is 3.59. The van der Waals surface area contributed by atoms with Gasteiger partial charge in [-0.2, -0.15) is 0 Å². The van der Waals surface area contributed by atoms with Crippen molar-refractivity contribution in [2.45, 2.75) is 31.2 Å². The minimum absolute atomic E-state index is 0.117. The van der Waals surface area contributed by atoms with E-state index in [-0.39, 0.29) is 11.4 Å². The van der Waals surface area contributed by atoms with E-state index in [1.165, 1.54) is 6.42 Å². The second kappa shape index (κ2) is 5.49. The van der Waals surface area contributed by atoms with Crippen molar-refractivity contribution in [1.82, 2.24) is 9.80 Å². The van der Waals surface area contributed by atoms with Gasteiger partial charge in [-0.15, -0.1) is 0 Å². The van der Waals surface area contributed by atoms with Crippen molar-refractivity contribution in [3.05, 3.63) is 34.3 Å². The molecule has 0 aliphatic carbocycles. The van der Waals surface area contributed by atoms with Gasteiger partial charge < -0.3 is 9.80 Å². The van der Waals surface area contributed by atoms with Gasteiger partial charge in [-0.1, -0.05) is 22.0 Å². The van der Waals surface area contributed by atoms with E-state index in [2.05, 4.69) is 32.8 Å². The van der Waals surface area contributed by atoms with Crippen molar-refractivity contribution < 1.29 is 4.79 Å². The highest BCUT2D eigenvalue weighted by atomic mass is 79.9. The summed E-state index contributed by atoms with van der Waals surface area (Å²) in [7, 11) is 2.17. The Balaban J connectivity index is 1.83. The average molecular weight is 337 g/mol. The molecule has 0 bridgehead atoms. The van der Waals surface area contributed by atoms with Crippen LogP contribution in [-0.4, -0.2) is 47.9 Å². The summed E-state index contributed by atoms with van der Waals surface area (Å²) in [6.07, 6.45) is 4.54. The summed E-state index contributed by atoms with van der Waals surface area (Å²) in [5.41, 5.74) is 0.922. The molecule has 2 saturated heterocycles. The maximum Gasteiger partial charge on any atom is 0.254 e. The molecule has 3 rings (SSSR count). The van der Waals surface area contributed by atoms with Crippen LogP contribution in [0.5, 0.6) is 0 Å². The molecule has 1 amide bonds. The number of amides is 1. The third kappa shape index (κ3) is 2.51. The minimum atomic E-state index is 0.117. The monoisotopic (exact) mass is 336 g/mol. The summed E-state index contributed by atoms with van der Waals surface area (Å²) in [5.74, 6) is 0.202. The number of carbonyl (C=O) groups excluding carboxylic acids is 1. The lowest BCUT2D eigenvalue weighted by Gasteiger charge is -2.44. The number of hydrogen-bond donors (Lipinski definition) is 0. The maximum absolute atomic E-state index is 12.8. The molecule has 1 aromatic rings. The van der Waals surface area contributed by atoms with Crippen molar-refractivity contribution in [3.8, 4) is 0 Å². The molecule has 0 saturated carbocycles. The van der Waals surface area contributed by atoms with E-state index in [0.717, 1.165) is 48.9 Å². The summed E-state index contributed by atoms with van der Waals surface area (Å²) in [4.78, 5) is 17.4. The highest BCUT2D eigenvalue weighted by Gasteiger charge is 2.44. The normalized spacial score (nSPS) is 22.4. The Labute approximate surface area is 129 Å². The van der Waals surface area contributed by atoms with E-state index >= 15 is 0 Å². The zero-order chi connectivity index (χ0) is 14.2. The van der Waals surface area contributed by atoms with Gasteiger partial charge in [-0.05, 0) is 50.9 Å². The van der Waals surface area contributed by atoms with Gasteiger partial charge in [0.1, 0.15) is 0 Å². The van der Waals surface area contributed by atoms with Crippen molar-refractivity contribution in [1.29, 1.82) is 0 Å². The van der Waals surface area contributed by atoms with Crippen LogP contribution in [0.15, 0.2) is 28.7 Å². The van der Waals surface area contributed by atoms with E-state index in [1.54, 1.807) is 0 Å². The third-order valence-corrected chi connectivity index (χ3v) is 5.32. The molecule has 4 heteroatoms. The first-order valence-electron chi connectivity index (χ1n) is 7.37. The topological polar surface area (TPSA) is 23.6 Å². The zero-order valence-electron chi connectivity index (χ0n) is 11.9. The predicted molar refractivity (Wildman–Crippen MR) is 83.9 cm³/mol. The SMILES string of the molecule is CN1CCC2(CCCN2C(=O)c2cccc(Br)c2)CC1. The Hall–Kier alpha value is -0.870. The first-order chi connectivity index (χ1) is 9.61. The third-order valence-electron chi connectivity index (χ3n) is 4.83. The minimum Gasteiger partial charge on any atom is -0.333 e. The molecule has 2 aliphatic rings. The molecule has 1 spiro atoms. The molecule has 1 aromatic carbocycles. The summed E-state index contributed by atoms with van der Waals surface area (Å²) >= 11 is 3.46. The van der Waals surface area contributed by atoms with E-state index in [0.29, 0.717) is 0 Å². The Morgan fingerprint density at radius 3 is 2.65 bits per heavy atom. The first kappa shape index (κ1) is 14.1. The summed E-state index contributed by atoms with van der Waals surface area (Å²) in [5, 5.41) is 0. The largest absolute Gasteiger partial charge is 0.333 e. The summed E-state index contributed by atoms with van der Waals surface area (Å²) in [6, 6.07) is 7.76. The maximum atomic E-state index is 12.8. The number of halogens is 1. The second-order valence-corrected chi connectivity index (χ2v) is 7.01. The molecule has 2 aliphatic heterocycles.